The number of thiol groups is 1. The van der Waals surface area contributed by atoms with E-state index in [-0.39, 0.29) is 35.8 Å². The number of phenols is 1. The molecule has 10 nitrogen and oxygen atoms in total. The van der Waals surface area contributed by atoms with Crippen molar-refractivity contribution in [2.75, 3.05) is 12.3 Å². The average Bonchev–Trinajstić information content (AvgIpc) is 3.36. The maximum atomic E-state index is 13.0. The Bertz CT molecular complexity index is 860. The Morgan fingerprint density at radius 2 is 1.76 bits per heavy atom. The van der Waals surface area contributed by atoms with Crippen molar-refractivity contribution in [2.45, 2.75) is 63.7 Å². The molecule has 5 unspecified atom stereocenters. The number of carboxylic acids is 1. The third-order valence-electron chi connectivity index (χ3n) is 5.98. The van der Waals surface area contributed by atoms with Gasteiger partial charge in [-0.1, -0.05) is 32.4 Å². The molecule has 0 saturated carbocycles. The fourth-order valence-electron chi connectivity index (χ4n) is 3.66. The highest BCUT2D eigenvalue weighted by atomic mass is 32.1. The highest BCUT2D eigenvalue weighted by Crippen LogP contribution is 2.13. The average molecular weight is 495 g/mol. The number of amides is 3. The lowest BCUT2D eigenvalue weighted by molar-refractivity contribution is -0.142. The Hall–Kier alpha value is -2.79. The van der Waals surface area contributed by atoms with Crippen LogP contribution in [0.5, 0.6) is 5.75 Å². The lowest BCUT2D eigenvalue weighted by Gasteiger charge is -2.27. The quantitative estimate of drug-likeness (QED) is 0.205. The first-order valence-electron chi connectivity index (χ1n) is 11.4. The zero-order valence-corrected chi connectivity index (χ0v) is 20.3. The van der Waals surface area contributed by atoms with Gasteiger partial charge in [-0.15, -0.1) is 0 Å². The van der Waals surface area contributed by atoms with Gasteiger partial charge in [0.1, 0.15) is 23.9 Å². The molecular weight excluding hydrogens is 460 g/mol. The normalized spacial score (nSPS) is 18.9. The maximum Gasteiger partial charge on any atom is 0.326 e. The SMILES string of the molecule is CCC(C)C(NC(=O)C(CS)NC(=O)C1CCCN1)C(=O)NC(Cc1ccc(O)cc1)C(=O)O. The number of benzene rings is 1. The van der Waals surface area contributed by atoms with E-state index in [4.69, 9.17) is 0 Å². The molecule has 0 spiro atoms. The summed E-state index contributed by atoms with van der Waals surface area (Å²) in [5.41, 5.74) is 0.619. The predicted octanol–water partition coefficient (Wildman–Crippen LogP) is 0.202. The van der Waals surface area contributed by atoms with Crippen LogP contribution in [0.25, 0.3) is 0 Å². The third-order valence-corrected chi connectivity index (χ3v) is 6.34. The van der Waals surface area contributed by atoms with Crippen molar-refractivity contribution in [2.24, 2.45) is 5.92 Å². The van der Waals surface area contributed by atoms with Crippen molar-refractivity contribution in [1.82, 2.24) is 21.3 Å². The Balaban J connectivity index is 2.07. The van der Waals surface area contributed by atoms with Crippen LogP contribution in [-0.4, -0.2) is 70.4 Å². The standard InChI is InChI=1S/C23H34N4O6S/c1-3-13(2)19(27-21(30)18(12-34)26-20(29)16-5-4-10-24-16)22(31)25-17(23(32)33)11-14-6-8-15(28)9-7-14/h6-9,13,16-19,24,28,34H,3-5,10-12H2,1-2H3,(H,25,31)(H,26,29)(H,27,30)(H,32,33). The van der Waals surface area contributed by atoms with Crippen LogP contribution in [0.1, 0.15) is 38.7 Å². The molecule has 2 rings (SSSR count). The molecule has 0 bridgehead atoms. The minimum Gasteiger partial charge on any atom is -0.508 e. The first kappa shape index (κ1) is 27.5. The van der Waals surface area contributed by atoms with Crippen LogP contribution in [0.2, 0.25) is 0 Å². The minimum absolute atomic E-state index is 0.00619. The van der Waals surface area contributed by atoms with E-state index in [0.29, 0.717) is 18.4 Å². The summed E-state index contributed by atoms with van der Waals surface area (Å²) in [7, 11) is 0. The lowest BCUT2D eigenvalue weighted by Crippen LogP contribution is -2.59. The topological polar surface area (TPSA) is 157 Å². The van der Waals surface area contributed by atoms with Gasteiger partial charge in [-0.3, -0.25) is 14.4 Å². The van der Waals surface area contributed by atoms with Crippen molar-refractivity contribution in [3.05, 3.63) is 29.8 Å². The summed E-state index contributed by atoms with van der Waals surface area (Å²) in [6.07, 6.45) is 2.12. The molecular formula is C23H34N4O6S. The molecule has 0 aromatic heterocycles. The maximum absolute atomic E-state index is 13.0. The highest BCUT2D eigenvalue weighted by molar-refractivity contribution is 7.80. The molecule has 6 N–H and O–H groups in total. The Labute approximate surface area is 204 Å². The van der Waals surface area contributed by atoms with E-state index in [1.54, 1.807) is 19.1 Å². The number of aliphatic carboxylic acids is 1. The summed E-state index contributed by atoms with van der Waals surface area (Å²) < 4.78 is 0. The minimum atomic E-state index is -1.23. The summed E-state index contributed by atoms with van der Waals surface area (Å²) in [6.45, 7) is 4.36. The molecule has 1 aliphatic heterocycles. The van der Waals surface area contributed by atoms with E-state index in [2.05, 4.69) is 33.9 Å². The van der Waals surface area contributed by atoms with Gasteiger partial charge in [-0.05, 0) is 43.0 Å². The Kier molecular flexibility index (Phi) is 10.6. The van der Waals surface area contributed by atoms with Gasteiger partial charge in [0, 0.05) is 12.2 Å². The zero-order valence-electron chi connectivity index (χ0n) is 19.4. The van der Waals surface area contributed by atoms with E-state index < -0.39 is 35.9 Å². The molecule has 5 atom stereocenters. The molecule has 1 aromatic rings. The molecule has 0 aliphatic carbocycles. The van der Waals surface area contributed by atoms with Crippen LogP contribution in [0.3, 0.4) is 0 Å². The molecule has 1 heterocycles. The molecule has 0 radical (unpaired) electrons. The number of hydrogen-bond acceptors (Lipinski definition) is 7. The lowest BCUT2D eigenvalue weighted by atomic mass is 9.97. The molecule has 34 heavy (non-hydrogen) atoms. The number of nitrogens with one attached hydrogen (secondary N) is 4. The first-order chi connectivity index (χ1) is 16.2. The van der Waals surface area contributed by atoms with Gasteiger partial charge in [0.15, 0.2) is 0 Å². The van der Waals surface area contributed by atoms with Crippen molar-refractivity contribution in [1.29, 1.82) is 0 Å². The van der Waals surface area contributed by atoms with Crippen LogP contribution in [0.15, 0.2) is 24.3 Å². The molecule has 1 fully saturated rings. The van der Waals surface area contributed by atoms with Gasteiger partial charge >= 0.3 is 5.97 Å². The van der Waals surface area contributed by atoms with Gasteiger partial charge < -0.3 is 31.5 Å². The van der Waals surface area contributed by atoms with E-state index >= 15 is 0 Å². The van der Waals surface area contributed by atoms with Gasteiger partial charge in [0.2, 0.25) is 17.7 Å². The number of carbonyl (C=O) groups is 4. The molecule has 3 amide bonds. The van der Waals surface area contributed by atoms with Crippen LogP contribution in [-0.2, 0) is 25.6 Å². The van der Waals surface area contributed by atoms with Gasteiger partial charge in [-0.25, -0.2) is 4.79 Å². The molecule has 1 aromatic carbocycles. The van der Waals surface area contributed by atoms with Crippen LogP contribution < -0.4 is 21.3 Å². The molecule has 188 valence electrons. The largest absolute Gasteiger partial charge is 0.508 e. The monoisotopic (exact) mass is 494 g/mol. The van der Waals surface area contributed by atoms with E-state index in [1.807, 2.05) is 6.92 Å². The summed E-state index contributed by atoms with van der Waals surface area (Å²) in [4.78, 5) is 50.1. The van der Waals surface area contributed by atoms with E-state index in [0.717, 1.165) is 13.0 Å². The second-order valence-electron chi connectivity index (χ2n) is 8.53. The number of phenolic OH excluding ortho intramolecular Hbond substituents is 1. The van der Waals surface area contributed by atoms with Gasteiger partial charge in [0.25, 0.3) is 0 Å². The molecule has 1 saturated heterocycles. The van der Waals surface area contributed by atoms with E-state index in [1.165, 1.54) is 12.1 Å². The number of carboxylic acid groups (broad SMARTS) is 1. The van der Waals surface area contributed by atoms with Crippen molar-refractivity contribution in [3.63, 3.8) is 0 Å². The molecule has 11 heteroatoms. The fraction of sp³-hybridized carbons (Fsp3) is 0.565. The number of hydrogen-bond donors (Lipinski definition) is 7. The second-order valence-corrected chi connectivity index (χ2v) is 8.90. The zero-order chi connectivity index (χ0) is 25.3. The predicted molar refractivity (Wildman–Crippen MR) is 130 cm³/mol. The highest BCUT2D eigenvalue weighted by Gasteiger charge is 2.33. The van der Waals surface area contributed by atoms with Crippen LogP contribution >= 0.6 is 12.6 Å². The summed E-state index contributed by atoms with van der Waals surface area (Å²) in [5.74, 6) is -2.91. The summed E-state index contributed by atoms with van der Waals surface area (Å²) >= 11 is 4.17. The number of rotatable bonds is 12. The fourth-order valence-corrected chi connectivity index (χ4v) is 3.92. The van der Waals surface area contributed by atoms with Crippen molar-refractivity contribution >= 4 is 36.3 Å². The second kappa shape index (κ2) is 13.2. The molecule has 1 aliphatic rings. The smallest absolute Gasteiger partial charge is 0.326 e. The Morgan fingerprint density at radius 3 is 2.29 bits per heavy atom. The number of carbonyl (C=O) groups excluding carboxylic acids is 3. The third kappa shape index (κ3) is 7.91. The van der Waals surface area contributed by atoms with Crippen LogP contribution in [0, 0.1) is 5.92 Å². The summed E-state index contributed by atoms with van der Waals surface area (Å²) in [6, 6.07) is 2.49. The van der Waals surface area contributed by atoms with Crippen LogP contribution in [0.4, 0.5) is 0 Å². The van der Waals surface area contributed by atoms with Gasteiger partial charge in [0.05, 0.1) is 6.04 Å². The Morgan fingerprint density at radius 1 is 1.09 bits per heavy atom. The van der Waals surface area contributed by atoms with Crippen molar-refractivity contribution in [3.8, 4) is 5.75 Å². The first-order valence-corrected chi connectivity index (χ1v) is 12.1. The van der Waals surface area contributed by atoms with Gasteiger partial charge in [-0.2, -0.15) is 12.6 Å². The van der Waals surface area contributed by atoms with E-state index in [9.17, 15) is 29.4 Å². The number of aromatic hydroxyl groups is 1. The summed E-state index contributed by atoms with van der Waals surface area (Å²) in [5, 5.41) is 29.9. The van der Waals surface area contributed by atoms with Crippen molar-refractivity contribution < 1.29 is 29.4 Å².